The molecular weight excluding hydrogens is 415 g/mol. The lowest BCUT2D eigenvalue weighted by molar-refractivity contribution is -0.130. The molecule has 0 unspecified atom stereocenters. The molecule has 1 rings (SSSR count). The molecule has 0 saturated carbocycles. The van der Waals surface area contributed by atoms with Crippen molar-refractivity contribution in [2.24, 2.45) is 4.99 Å². The number of benzene rings is 1. The summed E-state index contributed by atoms with van der Waals surface area (Å²) >= 11 is 0. The van der Waals surface area contributed by atoms with Gasteiger partial charge in [-0.05, 0) is 40.2 Å². The molecule has 1 aromatic rings. The quantitative estimate of drug-likeness (QED) is 0.402. The van der Waals surface area contributed by atoms with Crippen LogP contribution in [0, 0.1) is 0 Å². The molecule has 24 heavy (non-hydrogen) atoms. The van der Waals surface area contributed by atoms with E-state index in [-0.39, 0.29) is 42.0 Å². The van der Waals surface area contributed by atoms with E-state index in [2.05, 4.69) is 36.4 Å². The molecule has 0 aliphatic heterocycles. The first kappa shape index (κ1) is 22.7. The van der Waals surface area contributed by atoms with Crippen LogP contribution in [-0.2, 0) is 11.3 Å². The number of carbonyl (C=O) groups excluding carboxylic acids is 1. The van der Waals surface area contributed by atoms with Gasteiger partial charge in [0.1, 0.15) is 6.54 Å². The fraction of sp³-hybridized carbons (Fsp3) is 0.556. The van der Waals surface area contributed by atoms with E-state index >= 15 is 0 Å². The molecule has 0 heterocycles. The van der Waals surface area contributed by atoms with Crippen molar-refractivity contribution in [1.29, 1.82) is 0 Å². The highest BCUT2D eigenvalue weighted by Gasteiger charge is 2.14. The number of nitrogens with zero attached hydrogens (tertiary/aromatic N) is 2. The Morgan fingerprint density at radius 1 is 1.17 bits per heavy atom. The topological polar surface area (TPSA) is 56.7 Å². The Kier molecular flexibility index (Phi) is 10.7. The fourth-order valence-electron chi connectivity index (χ4n) is 2.09. The summed E-state index contributed by atoms with van der Waals surface area (Å²) in [6.45, 7) is 12.4. The van der Waals surface area contributed by atoms with Crippen LogP contribution >= 0.6 is 24.0 Å². The van der Waals surface area contributed by atoms with E-state index in [4.69, 9.17) is 0 Å². The highest BCUT2D eigenvalue weighted by Crippen LogP contribution is 2.05. The first-order valence-corrected chi connectivity index (χ1v) is 8.24. The summed E-state index contributed by atoms with van der Waals surface area (Å²) in [5.41, 5.74) is 1.03. The molecule has 0 radical (unpaired) electrons. The zero-order chi connectivity index (χ0) is 17.3. The van der Waals surface area contributed by atoms with Crippen molar-refractivity contribution in [3.8, 4) is 0 Å². The summed E-state index contributed by atoms with van der Waals surface area (Å²) in [7, 11) is 0. The molecule has 2 N–H and O–H groups in total. The number of guanidine groups is 1. The predicted octanol–water partition coefficient (Wildman–Crippen LogP) is 3.01. The Balaban J connectivity index is 0.00000529. The Morgan fingerprint density at radius 3 is 2.29 bits per heavy atom. The van der Waals surface area contributed by atoms with E-state index in [0.29, 0.717) is 19.0 Å². The third-order valence-corrected chi connectivity index (χ3v) is 3.16. The van der Waals surface area contributed by atoms with Crippen LogP contribution in [0.25, 0.3) is 0 Å². The van der Waals surface area contributed by atoms with Crippen molar-refractivity contribution in [1.82, 2.24) is 15.5 Å². The van der Waals surface area contributed by atoms with E-state index in [1.165, 1.54) is 0 Å². The van der Waals surface area contributed by atoms with E-state index in [1.807, 2.05) is 49.1 Å². The number of halogens is 1. The average molecular weight is 446 g/mol. The number of hydrogen-bond acceptors (Lipinski definition) is 2. The van der Waals surface area contributed by atoms with E-state index < -0.39 is 0 Å². The van der Waals surface area contributed by atoms with Gasteiger partial charge in [0, 0.05) is 25.2 Å². The number of hydrogen-bond donors (Lipinski definition) is 2. The van der Waals surface area contributed by atoms with Gasteiger partial charge in [0.2, 0.25) is 5.91 Å². The summed E-state index contributed by atoms with van der Waals surface area (Å²) in [4.78, 5) is 18.6. The SMILES string of the molecule is CCNC(=NCC(=O)N(CC)Cc1ccccc1)NC(C)(C)C.I. The second-order valence-electron chi connectivity index (χ2n) is 6.46. The molecule has 0 saturated heterocycles. The molecule has 0 fully saturated rings. The highest BCUT2D eigenvalue weighted by molar-refractivity contribution is 14.0. The minimum Gasteiger partial charge on any atom is -0.357 e. The summed E-state index contributed by atoms with van der Waals surface area (Å²) in [6, 6.07) is 10.0. The normalized spacial score (nSPS) is 11.5. The van der Waals surface area contributed by atoms with Crippen LogP contribution in [0.2, 0.25) is 0 Å². The molecule has 136 valence electrons. The Labute approximate surface area is 163 Å². The van der Waals surface area contributed by atoms with Gasteiger partial charge in [-0.2, -0.15) is 0 Å². The minimum absolute atomic E-state index is 0. The first-order valence-electron chi connectivity index (χ1n) is 8.24. The maximum absolute atomic E-state index is 12.4. The monoisotopic (exact) mass is 446 g/mol. The molecule has 1 amide bonds. The number of amides is 1. The predicted molar refractivity (Wildman–Crippen MR) is 112 cm³/mol. The van der Waals surface area contributed by atoms with Crippen LogP contribution in [0.15, 0.2) is 35.3 Å². The third-order valence-electron chi connectivity index (χ3n) is 3.16. The summed E-state index contributed by atoms with van der Waals surface area (Å²) in [6.07, 6.45) is 0. The largest absolute Gasteiger partial charge is 0.357 e. The van der Waals surface area contributed by atoms with Crippen LogP contribution in [0.1, 0.15) is 40.2 Å². The molecule has 0 atom stereocenters. The van der Waals surface area contributed by atoms with Gasteiger partial charge in [-0.3, -0.25) is 4.79 Å². The zero-order valence-electron chi connectivity index (χ0n) is 15.4. The van der Waals surface area contributed by atoms with Crippen LogP contribution in [0.3, 0.4) is 0 Å². The van der Waals surface area contributed by atoms with Gasteiger partial charge in [-0.15, -0.1) is 24.0 Å². The van der Waals surface area contributed by atoms with Gasteiger partial charge in [0.25, 0.3) is 0 Å². The van der Waals surface area contributed by atoms with E-state index in [1.54, 1.807) is 0 Å². The number of rotatable bonds is 6. The second kappa shape index (κ2) is 11.3. The third kappa shape index (κ3) is 9.10. The van der Waals surface area contributed by atoms with E-state index in [9.17, 15) is 4.79 Å². The second-order valence-corrected chi connectivity index (χ2v) is 6.46. The smallest absolute Gasteiger partial charge is 0.244 e. The lowest BCUT2D eigenvalue weighted by atomic mass is 10.1. The number of nitrogens with one attached hydrogen (secondary N) is 2. The molecular formula is C18H31IN4O. The minimum atomic E-state index is -0.0987. The van der Waals surface area contributed by atoms with Crippen molar-refractivity contribution in [3.05, 3.63) is 35.9 Å². The summed E-state index contributed by atoms with van der Waals surface area (Å²) in [5.74, 6) is 0.701. The van der Waals surface area contributed by atoms with Gasteiger partial charge < -0.3 is 15.5 Å². The molecule has 1 aromatic carbocycles. The molecule has 5 nitrogen and oxygen atoms in total. The number of likely N-dealkylation sites (N-methyl/N-ethyl adjacent to an activating group) is 1. The molecule has 0 aromatic heterocycles. The molecule has 0 bridgehead atoms. The van der Waals surface area contributed by atoms with Crippen molar-refractivity contribution in [3.63, 3.8) is 0 Å². The number of carbonyl (C=O) groups is 1. The van der Waals surface area contributed by atoms with Crippen molar-refractivity contribution in [2.45, 2.75) is 46.7 Å². The van der Waals surface area contributed by atoms with Gasteiger partial charge in [-0.25, -0.2) is 4.99 Å². The lowest BCUT2D eigenvalue weighted by Crippen LogP contribution is -2.48. The van der Waals surface area contributed by atoms with Crippen molar-refractivity contribution >= 4 is 35.8 Å². The Bertz CT molecular complexity index is 512. The van der Waals surface area contributed by atoms with Crippen LogP contribution in [0.4, 0.5) is 0 Å². The number of aliphatic imine (C=N–C) groups is 1. The van der Waals surface area contributed by atoms with Crippen LogP contribution in [-0.4, -0.2) is 41.9 Å². The Hall–Kier alpha value is -1.31. The maximum atomic E-state index is 12.4. The average Bonchev–Trinajstić information content (AvgIpc) is 2.50. The van der Waals surface area contributed by atoms with Gasteiger partial charge in [0.15, 0.2) is 5.96 Å². The highest BCUT2D eigenvalue weighted by atomic mass is 127. The summed E-state index contributed by atoms with van der Waals surface area (Å²) < 4.78 is 0. The van der Waals surface area contributed by atoms with Gasteiger partial charge in [0.05, 0.1) is 0 Å². The summed E-state index contributed by atoms with van der Waals surface area (Å²) in [5, 5.41) is 6.46. The van der Waals surface area contributed by atoms with Crippen molar-refractivity contribution < 1.29 is 4.79 Å². The first-order chi connectivity index (χ1) is 10.9. The fourth-order valence-corrected chi connectivity index (χ4v) is 2.09. The molecule has 0 spiro atoms. The van der Waals surface area contributed by atoms with Gasteiger partial charge >= 0.3 is 0 Å². The molecule has 0 aliphatic rings. The zero-order valence-corrected chi connectivity index (χ0v) is 17.8. The molecule has 6 heteroatoms. The van der Waals surface area contributed by atoms with Crippen LogP contribution < -0.4 is 10.6 Å². The van der Waals surface area contributed by atoms with Crippen molar-refractivity contribution in [2.75, 3.05) is 19.6 Å². The van der Waals surface area contributed by atoms with Crippen LogP contribution in [0.5, 0.6) is 0 Å². The van der Waals surface area contributed by atoms with E-state index in [0.717, 1.165) is 12.1 Å². The molecule has 0 aliphatic carbocycles. The lowest BCUT2D eigenvalue weighted by Gasteiger charge is -2.24. The maximum Gasteiger partial charge on any atom is 0.244 e. The Morgan fingerprint density at radius 2 is 1.79 bits per heavy atom. The van der Waals surface area contributed by atoms with Gasteiger partial charge in [-0.1, -0.05) is 30.3 Å². The standard InChI is InChI=1S/C18H30N4O.HI/c1-6-19-17(21-18(3,4)5)20-13-16(23)22(7-2)14-15-11-9-8-10-12-15;/h8-12H,6-7,13-14H2,1-5H3,(H2,19,20,21);1H.